The number of methoxy groups -OCH3 is 1. The first kappa shape index (κ1) is 26.9. The van der Waals surface area contributed by atoms with Crippen LogP contribution in [0.2, 0.25) is 0 Å². The van der Waals surface area contributed by atoms with Gasteiger partial charge in [0.1, 0.15) is 6.61 Å². The number of carbonyl (C=O) groups excluding carboxylic acids is 1. The summed E-state index contributed by atoms with van der Waals surface area (Å²) in [5.41, 5.74) is 1.78. The molecule has 10 nitrogen and oxygen atoms in total. The van der Waals surface area contributed by atoms with E-state index in [4.69, 9.17) is 9.47 Å². The molecule has 38 heavy (non-hydrogen) atoms. The maximum absolute atomic E-state index is 12.9. The first-order chi connectivity index (χ1) is 18.2. The molecule has 0 aliphatic carbocycles. The summed E-state index contributed by atoms with van der Waals surface area (Å²) in [6.45, 7) is 0.0825. The fourth-order valence-corrected chi connectivity index (χ4v) is 5.06. The number of amidine groups is 1. The second-order valence-electron chi connectivity index (χ2n) is 7.97. The van der Waals surface area contributed by atoms with Gasteiger partial charge in [0.15, 0.2) is 16.7 Å². The Balaban J connectivity index is 1.56. The molecule has 0 aromatic heterocycles. The molecular weight excluding hydrogens is 578 g/mol. The monoisotopic (exact) mass is 597 g/mol. The van der Waals surface area contributed by atoms with E-state index in [1.54, 1.807) is 49.5 Å². The lowest BCUT2D eigenvalue weighted by molar-refractivity contribution is -0.384. The third kappa shape index (κ3) is 6.03. The Bertz CT molecular complexity index is 1510. The van der Waals surface area contributed by atoms with Crippen molar-refractivity contribution < 1.29 is 29.1 Å². The molecule has 12 heteroatoms. The van der Waals surface area contributed by atoms with Crippen LogP contribution in [0, 0.1) is 10.1 Å². The van der Waals surface area contributed by atoms with E-state index in [1.165, 1.54) is 36.3 Å². The Labute approximate surface area is 229 Å². The Morgan fingerprint density at radius 2 is 1.97 bits per heavy atom. The van der Waals surface area contributed by atoms with Crippen LogP contribution >= 0.6 is 27.7 Å². The summed E-state index contributed by atoms with van der Waals surface area (Å²) in [6, 6.07) is 15.8. The molecule has 0 bridgehead atoms. The van der Waals surface area contributed by atoms with E-state index in [-0.39, 0.29) is 23.8 Å². The number of nitrogens with zero attached hydrogens (tertiary/aromatic N) is 3. The lowest BCUT2D eigenvalue weighted by Crippen LogP contribution is -2.23. The maximum atomic E-state index is 12.9. The number of nitro groups is 1. The maximum Gasteiger partial charge on any atom is 0.335 e. The topological polar surface area (TPSA) is 132 Å². The van der Waals surface area contributed by atoms with Gasteiger partial charge in [0.2, 0.25) is 0 Å². The van der Waals surface area contributed by atoms with Crippen LogP contribution in [0.5, 0.6) is 11.5 Å². The molecule has 1 saturated heterocycles. The van der Waals surface area contributed by atoms with Gasteiger partial charge in [-0.2, -0.15) is 0 Å². The number of amides is 1. The van der Waals surface area contributed by atoms with E-state index in [0.29, 0.717) is 42.9 Å². The highest BCUT2D eigenvalue weighted by atomic mass is 79.9. The SMILES string of the molecule is COc1cc(/C=C2\SC(=Nc3cccc(C(=O)O)c3)N(C)C2=O)cc(Br)c1OCc1cccc([N+](=O)[O-])c1. The largest absolute Gasteiger partial charge is 0.493 e. The number of aliphatic imine (C=N–C) groups is 1. The van der Waals surface area contributed by atoms with Crippen LogP contribution in [0.3, 0.4) is 0 Å². The number of benzene rings is 3. The summed E-state index contributed by atoms with van der Waals surface area (Å²) in [5, 5.41) is 20.6. The van der Waals surface area contributed by atoms with E-state index in [1.807, 2.05) is 0 Å². The lowest BCUT2D eigenvalue weighted by atomic mass is 10.1. The molecule has 1 aliphatic rings. The van der Waals surface area contributed by atoms with E-state index in [0.717, 1.165) is 11.8 Å². The van der Waals surface area contributed by atoms with Crippen molar-refractivity contribution in [2.75, 3.05) is 14.2 Å². The van der Waals surface area contributed by atoms with Crippen molar-refractivity contribution in [2.45, 2.75) is 6.61 Å². The number of carboxylic acids is 1. The normalized spacial score (nSPS) is 15.2. The number of ether oxygens (including phenoxy) is 2. The van der Waals surface area contributed by atoms with Crippen molar-refractivity contribution in [3.63, 3.8) is 0 Å². The van der Waals surface area contributed by atoms with Gasteiger partial charge in [0.25, 0.3) is 11.6 Å². The second kappa shape index (κ2) is 11.5. The summed E-state index contributed by atoms with van der Waals surface area (Å²) in [6.07, 6.45) is 1.69. The summed E-state index contributed by atoms with van der Waals surface area (Å²) >= 11 is 4.65. The quantitative estimate of drug-likeness (QED) is 0.193. The summed E-state index contributed by atoms with van der Waals surface area (Å²) in [7, 11) is 3.08. The van der Waals surface area contributed by atoms with E-state index in [9.17, 15) is 24.8 Å². The number of thioether (sulfide) groups is 1. The van der Waals surface area contributed by atoms with Crippen LogP contribution in [0.4, 0.5) is 11.4 Å². The molecule has 1 amide bonds. The minimum absolute atomic E-state index is 0.0275. The van der Waals surface area contributed by atoms with Gasteiger partial charge in [0, 0.05) is 19.2 Å². The highest BCUT2D eigenvalue weighted by molar-refractivity contribution is 9.10. The van der Waals surface area contributed by atoms with Gasteiger partial charge < -0.3 is 14.6 Å². The highest BCUT2D eigenvalue weighted by Crippen LogP contribution is 2.39. The molecule has 3 aromatic rings. The molecule has 1 fully saturated rings. The zero-order valence-corrected chi connectivity index (χ0v) is 22.5. The summed E-state index contributed by atoms with van der Waals surface area (Å²) in [5.74, 6) is -0.513. The van der Waals surface area contributed by atoms with E-state index >= 15 is 0 Å². The Morgan fingerprint density at radius 1 is 1.21 bits per heavy atom. The Kier molecular flexibility index (Phi) is 8.13. The van der Waals surface area contributed by atoms with Crippen LogP contribution in [-0.4, -0.2) is 46.1 Å². The van der Waals surface area contributed by atoms with Gasteiger partial charge in [-0.05, 0) is 75.2 Å². The zero-order valence-electron chi connectivity index (χ0n) is 20.1. The predicted octanol–water partition coefficient (Wildman–Crippen LogP) is 5.88. The van der Waals surface area contributed by atoms with Crippen molar-refractivity contribution in [1.82, 2.24) is 4.90 Å². The molecule has 0 atom stereocenters. The van der Waals surface area contributed by atoms with Crippen LogP contribution in [0.15, 0.2) is 75.0 Å². The Morgan fingerprint density at radius 3 is 2.68 bits per heavy atom. The van der Waals surface area contributed by atoms with Gasteiger partial charge in [-0.3, -0.25) is 19.8 Å². The number of halogens is 1. The minimum atomic E-state index is -1.06. The van der Waals surface area contributed by atoms with Crippen LogP contribution in [0.1, 0.15) is 21.5 Å². The number of likely N-dealkylation sites (N-methyl/N-ethyl adjacent to an activating group) is 1. The molecular formula is C26H20BrN3O7S. The first-order valence-corrected chi connectivity index (χ1v) is 12.6. The van der Waals surface area contributed by atoms with Crippen LogP contribution in [-0.2, 0) is 11.4 Å². The third-order valence-electron chi connectivity index (χ3n) is 5.38. The molecule has 0 spiro atoms. The van der Waals surface area contributed by atoms with Gasteiger partial charge in [0.05, 0.1) is 32.7 Å². The molecule has 0 radical (unpaired) electrons. The number of hydrogen-bond donors (Lipinski definition) is 1. The molecule has 3 aromatic carbocycles. The molecule has 0 unspecified atom stereocenters. The third-order valence-corrected chi connectivity index (χ3v) is 7.02. The number of hydrogen-bond acceptors (Lipinski definition) is 8. The predicted molar refractivity (Wildman–Crippen MR) is 147 cm³/mol. The molecule has 0 saturated carbocycles. The van der Waals surface area contributed by atoms with Gasteiger partial charge in [-0.25, -0.2) is 9.79 Å². The second-order valence-corrected chi connectivity index (χ2v) is 9.84. The molecule has 4 rings (SSSR count). The lowest BCUT2D eigenvalue weighted by Gasteiger charge is -2.14. The number of nitro benzene ring substituents is 1. The van der Waals surface area contributed by atoms with E-state index < -0.39 is 10.9 Å². The first-order valence-electron chi connectivity index (χ1n) is 11.0. The van der Waals surface area contributed by atoms with Crippen LogP contribution < -0.4 is 9.47 Å². The number of aromatic carboxylic acids is 1. The standard InChI is InChI=1S/C26H20BrN3O7S/c1-29-24(31)22(38-26(29)28-18-7-4-6-17(13-18)25(32)33)12-16-10-20(27)23(21(11-16)36-2)37-14-15-5-3-8-19(9-15)30(34)35/h3-13H,14H2,1-2H3,(H,32,33)/b22-12-,28-26?. The minimum Gasteiger partial charge on any atom is -0.493 e. The fraction of sp³-hybridized carbons (Fsp3) is 0.115. The van der Waals surface area contributed by atoms with Crippen molar-refractivity contribution >= 4 is 62.2 Å². The van der Waals surface area contributed by atoms with Gasteiger partial charge in [-0.15, -0.1) is 0 Å². The molecule has 1 heterocycles. The van der Waals surface area contributed by atoms with Crippen LogP contribution in [0.25, 0.3) is 6.08 Å². The van der Waals surface area contributed by atoms with Crippen molar-refractivity contribution in [3.8, 4) is 11.5 Å². The highest BCUT2D eigenvalue weighted by Gasteiger charge is 2.30. The zero-order chi connectivity index (χ0) is 27.4. The van der Waals surface area contributed by atoms with Gasteiger partial charge >= 0.3 is 5.97 Å². The molecule has 1 N–H and O–H groups in total. The molecule has 194 valence electrons. The average Bonchev–Trinajstić information content (AvgIpc) is 3.15. The summed E-state index contributed by atoms with van der Waals surface area (Å²) in [4.78, 5) is 40.9. The number of carbonyl (C=O) groups is 2. The van der Waals surface area contributed by atoms with Gasteiger partial charge in [-0.1, -0.05) is 18.2 Å². The van der Waals surface area contributed by atoms with E-state index in [2.05, 4.69) is 20.9 Å². The van der Waals surface area contributed by atoms with Crippen molar-refractivity contribution in [3.05, 3.63) is 96.8 Å². The van der Waals surface area contributed by atoms with Crippen molar-refractivity contribution in [2.24, 2.45) is 4.99 Å². The van der Waals surface area contributed by atoms with Crippen molar-refractivity contribution in [1.29, 1.82) is 0 Å². The number of carboxylic acid groups (broad SMARTS) is 1. The smallest absolute Gasteiger partial charge is 0.335 e. The number of non-ortho nitro benzene ring substituents is 1. The fourth-order valence-electron chi connectivity index (χ4n) is 3.50. The number of rotatable bonds is 8. The summed E-state index contributed by atoms with van der Waals surface area (Å²) < 4.78 is 12.0. The average molecular weight is 598 g/mol. The molecule has 1 aliphatic heterocycles. The Hall–Kier alpha value is -4.16.